The fraction of sp³-hybridized carbons (Fsp3) is 1.00. The van der Waals surface area contributed by atoms with Gasteiger partial charge in [0.2, 0.25) is 0 Å². The molecule has 0 radical (unpaired) electrons. The summed E-state index contributed by atoms with van der Waals surface area (Å²) in [6, 6.07) is 0. The van der Waals surface area contributed by atoms with Gasteiger partial charge in [-0.25, -0.2) is 0 Å². The molecule has 5 rings (SSSR count). The Bertz CT molecular complexity index is 346. The Morgan fingerprint density at radius 1 is 1.00 bits per heavy atom. The Kier molecular flexibility index (Phi) is 1.24. The third kappa shape index (κ3) is 0.620. The minimum absolute atomic E-state index is 0.699. The Balaban J connectivity index is 1.91. The van der Waals surface area contributed by atoms with Gasteiger partial charge < -0.3 is 0 Å². The van der Waals surface area contributed by atoms with Crippen LogP contribution in [0.15, 0.2) is 0 Å². The van der Waals surface area contributed by atoms with Crippen molar-refractivity contribution < 1.29 is 0 Å². The first-order valence-corrected chi connectivity index (χ1v) is 6.95. The van der Waals surface area contributed by atoms with Gasteiger partial charge in [-0.05, 0) is 65.6 Å². The summed E-state index contributed by atoms with van der Waals surface area (Å²) in [7, 11) is 0. The van der Waals surface area contributed by atoms with E-state index in [9.17, 15) is 0 Å². The van der Waals surface area contributed by atoms with Crippen molar-refractivity contribution in [2.75, 3.05) is 0 Å². The molecule has 15 heavy (non-hydrogen) atoms. The summed E-state index contributed by atoms with van der Waals surface area (Å²) in [5.74, 6) is 4.31. The minimum Gasteiger partial charge on any atom is -0.0622 e. The van der Waals surface area contributed by atoms with E-state index >= 15 is 0 Å². The molecule has 5 fully saturated rings. The van der Waals surface area contributed by atoms with Crippen LogP contribution < -0.4 is 0 Å². The molecule has 0 amide bonds. The van der Waals surface area contributed by atoms with Crippen LogP contribution in [-0.2, 0) is 0 Å². The lowest BCUT2D eigenvalue weighted by atomic mass is 9.43. The number of hydrogen-bond acceptors (Lipinski definition) is 0. The lowest BCUT2D eigenvalue weighted by Crippen LogP contribution is -2.54. The van der Waals surface area contributed by atoms with Crippen molar-refractivity contribution in [3.05, 3.63) is 0 Å². The van der Waals surface area contributed by atoms with Crippen LogP contribution in [-0.4, -0.2) is 0 Å². The maximum absolute atomic E-state index is 2.64. The van der Waals surface area contributed by atoms with E-state index in [0.717, 1.165) is 29.1 Å². The summed E-state index contributed by atoms with van der Waals surface area (Å²) in [5.41, 5.74) is 2.17. The zero-order chi connectivity index (χ0) is 10.6. The van der Waals surface area contributed by atoms with Crippen LogP contribution in [0, 0.1) is 39.9 Å². The van der Waals surface area contributed by atoms with E-state index in [1.807, 2.05) is 0 Å². The van der Waals surface area contributed by atoms with Gasteiger partial charge in [-0.1, -0.05) is 27.7 Å². The molecule has 5 saturated carbocycles. The first kappa shape index (κ1) is 9.07. The van der Waals surface area contributed by atoms with Gasteiger partial charge >= 0.3 is 0 Å². The van der Waals surface area contributed by atoms with Gasteiger partial charge in [0, 0.05) is 0 Å². The topological polar surface area (TPSA) is 0 Å². The molecule has 5 aliphatic carbocycles. The molecular weight excluding hydrogens is 180 g/mol. The zero-order valence-electron chi connectivity index (χ0n) is 10.6. The highest BCUT2D eigenvalue weighted by molar-refractivity contribution is 5.32. The molecule has 0 saturated heterocycles. The van der Waals surface area contributed by atoms with Crippen LogP contribution in [0.25, 0.3) is 0 Å². The molecule has 0 aromatic heterocycles. The highest BCUT2D eigenvalue weighted by atomic mass is 14.9. The summed E-state index contributed by atoms with van der Waals surface area (Å²) in [6.07, 6.45) is 6.17. The monoisotopic (exact) mass is 204 g/mol. The number of hydrogen-bond donors (Lipinski definition) is 0. The second kappa shape index (κ2) is 2.05. The molecule has 7 atom stereocenters. The fourth-order valence-corrected chi connectivity index (χ4v) is 6.80. The molecule has 0 aromatic carbocycles. The largest absolute Gasteiger partial charge is 0.0622 e. The average molecular weight is 204 g/mol. The molecule has 0 aliphatic heterocycles. The van der Waals surface area contributed by atoms with E-state index in [0.29, 0.717) is 10.8 Å². The second-order valence-electron chi connectivity index (χ2n) is 7.81. The van der Waals surface area contributed by atoms with E-state index < -0.39 is 0 Å². The van der Waals surface area contributed by atoms with Gasteiger partial charge in [0.25, 0.3) is 0 Å². The van der Waals surface area contributed by atoms with Gasteiger partial charge in [0.1, 0.15) is 0 Å². The Hall–Kier alpha value is 0. The van der Waals surface area contributed by atoms with Gasteiger partial charge in [0.05, 0.1) is 0 Å². The molecule has 3 unspecified atom stereocenters. The average Bonchev–Trinajstić information content (AvgIpc) is 2.71. The van der Waals surface area contributed by atoms with Crippen LogP contribution in [0.5, 0.6) is 0 Å². The molecule has 0 heterocycles. The number of rotatable bonds is 0. The summed E-state index contributed by atoms with van der Waals surface area (Å²) in [5, 5.41) is 0. The van der Waals surface area contributed by atoms with Crippen molar-refractivity contribution in [2.45, 2.75) is 53.4 Å². The van der Waals surface area contributed by atoms with Crippen molar-refractivity contribution >= 4 is 0 Å². The summed E-state index contributed by atoms with van der Waals surface area (Å²) < 4.78 is 0. The highest BCUT2D eigenvalue weighted by Crippen LogP contribution is 2.90. The van der Waals surface area contributed by atoms with E-state index in [1.165, 1.54) is 12.8 Å². The van der Waals surface area contributed by atoms with Crippen molar-refractivity contribution in [1.82, 2.24) is 0 Å². The molecule has 5 aliphatic rings. The second-order valence-corrected chi connectivity index (χ2v) is 7.81. The maximum Gasteiger partial charge on any atom is -0.0204 e. The first-order chi connectivity index (χ1) is 6.95. The predicted octanol–water partition coefficient (Wildman–Crippen LogP) is 4.10. The lowest BCUT2D eigenvalue weighted by Gasteiger charge is -2.61. The van der Waals surface area contributed by atoms with E-state index in [-0.39, 0.29) is 0 Å². The van der Waals surface area contributed by atoms with Crippen LogP contribution in [0.4, 0.5) is 0 Å². The molecule has 0 aromatic rings. The Labute approximate surface area is 93.8 Å². The van der Waals surface area contributed by atoms with Crippen molar-refractivity contribution in [3.63, 3.8) is 0 Å². The molecule has 0 heteroatoms. The van der Waals surface area contributed by atoms with Gasteiger partial charge in [-0.3, -0.25) is 0 Å². The van der Waals surface area contributed by atoms with Crippen molar-refractivity contribution in [2.24, 2.45) is 39.9 Å². The van der Waals surface area contributed by atoms with E-state index in [2.05, 4.69) is 27.7 Å². The molecule has 84 valence electrons. The molecule has 0 N–H and O–H groups in total. The molecule has 0 spiro atoms. The summed E-state index contributed by atoms with van der Waals surface area (Å²) >= 11 is 0. The van der Waals surface area contributed by atoms with E-state index in [1.54, 1.807) is 12.8 Å². The SMILES string of the molecule is C[C@@H]1CC[C@]2(C)C3(C)C4CC1[C@]2(C)C[C@@H]43. The predicted molar refractivity (Wildman–Crippen MR) is 62.4 cm³/mol. The zero-order valence-corrected chi connectivity index (χ0v) is 10.6. The standard InChI is InChI=1S/C15H24/c1-9-5-6-14(3)13(2)8-12-11(7-10(9)13)15(12,14)4/h9-12H,5-8H2,1-4H3/t9-,10?,11?,12+,13+,14+,15?/m1/s1. The normalized spacial score (nSPS) is 74.4. The van der Waals surface area contributed by atoms with Crippen LogP contribution >= 0.6 is 0 Å². The Morgan fingerprint density at radius 2 is 1.73 bits per heavy atom. The Morgan fingerprint density at radius 3 is 2.47 bits per heavy atom. The van der Waals surface area contributed by atoms with Gasteiger partial charge in [0.15, 0.2) is 0 Å². The van der Waals surface area contributed by atoms with Gasteiger partial charge in [-0.15, -0.1) is 0 Å². The van der Waals surface area contributed by atoms with Gasteiger partial charge in [-0.2, -0.15) is 0 Å². The van der Waals surface area contributed by atoms with Crippen LogP contribution in [0.3, 0.4) is 0 Å². The quantitative estimate of drug-likeness (QED) is 0.557. The summed E-state index contributed by atoms with van der Waals surface area (Å²) in [6.45, 7) is 10.4. The third-order valence-electron chi connectivity index (χ3n) is 8.12. The molecule has 6 bridgehead atoms. The third-order valence-corrected chi connectivity index (χ3v) is 8.12. The minimum atomic E-state index is 0.699. The summed E-state index contributed by atoms with van der Waals surface area (Å²) in [4.78, 5) is 0. The maximum atomic E-state index is 2.64. The van der Waals surface area contributed by atoms with Crippen molar-refractivity contribution in [3.8, 4) is 0 Å². The first-order valence-electron chi connectivity index (χ1n) is 6.95. The molecular formula is C15H24. The highest BCUT2D eigenvalue weighted by Gasteiger charge is 2.84. The smallest absolute Gasteiger partial charge is 0.0204 e. The van der Waals surface area contributed by atoms with E-state index in [4.69, 9.17) is 0 Å². The fourth-order valence-electron chi connectivity index (χ4n) is 6.80. The lowest BCUT2D eigenvalue weighted by molar-refractivity contribution is -0.131. The van der Waals surface area contributed by atoms with Crippen LogP contribution in [0.2, 0.25) is 0 Å². The molecule has 0 nitrogen and oxygen atoms in total. The van der Waals surface area contributed by atoms with Crippen molar-refractivity contribution in [1.29, 1.82) is 0 Å². The van der Waals surface area contributed by atoms with Crippen LogP contribution in [0.1, 0.15) is 53.4 Å².